The third-order valence-corrected chi connectivity index (χ3v) is 8.53. The predicted molar refractivity (Wildman–Crippen MR) is 152 cm³/mol. The molecule has 0 radical (unpaired) electrons. The highest BCUT2D eigenvalue weighted by atomic mass is 16.7. The molecule has 1 aromatic heterocycles. The summed E-state index contributed by atoms with van der Waals surface area (Å²) in [7, 11) is 1.64. The van der Waals surface area contributed by atoms with Gasteiger partial charge in [-0.3, -0.25) is 0 Å². The summed E-state index contributed by atoms with van der Waals surface area (Å²) in [4.78, 5) is 11.3. The molecule has 5 rings (SSSR count). The van der Waals surface area contributed by atoms with Crippen LogP contribution >= 0.6 is 0 Å². The Morgan fingerprint density at radius 2 is 1.70 bits per heavy atom. The second-order valence-electron chi connectivity index (χ2n) is 11.3. The number of aromatic nitrogens is 2. The lowest BCUT2D eigenvalue weighted by Gasteiger charge is -2.36. The molecule has 2 aromatic carbocycles. The van der Waals surface area contributed by atoms with Crippen molar-refractivity contribution in [2.75, 3.05) is 13.7 Å². The number of benzene rings is 2. The molecule has 0 amide bonds. The van der Waals surface area contributed by atoms with Crippen LogP contribution in [0.3, 0.4) is 0 Å². The minimum Gasteiger partial charge on any atom is -0.497 e. The SMILES string of the molecule is COc1ccc(-n2nc(C3(O)CCC(OCC(OC(=O)O)C4CCCCC4)CC3)cc2-c2ccc(C)cc2)cc1. The first-order chi connectivity index (χ1) is 19.3. The Morgan fingerprint density at radius 1 is 1.02 bits per heavy atom. The van der Waals surface area contributed by atoms with Crippen molar-refractivity contribution < 1.29 is 29.2 Å². The molecule has 8 nitrogen and oxygen atoms in total. The molecule has 214 valence electrons. The zero-order valence-corrected chi connectivity index (χ0v) is 23.4. The van der Waals surface area contributed by atoms with E-state index < -0.39 is 17.9 Å². The van der Waals surface area contributed by atoms with Crippen LogP contribution in [0.25, 0.3) is 16.9 Å². The fraction of sp³-hybridized carbons (Fsp3) is 0.500. The molecule has 0 saturated heterocycles. The van der Waals surface area contributed by atoms with Gasteiger partial charge in [-0.05, 0) is 81.7 Å². The molecule has 2 fully saturated rings. The number of hydrogen-bond acceptors (Lipinski definition) is 6. The normalized spacial score (nSPS) is 22.5. The van der Waals surface area contributed by atoms with Gasteiger partial charge in [-0.15, -0.1) is 0 Å². The standard InChI is InChI=1S/C32H40N2O6/c1-22-8-10-23(11-9-22)28-20-30(33-34(28)25-12-14-26(38-2)15-13-25)32(37)18-16-27(17-19-32)39-21-29(40-31(35)36)24-6-4-3-5-7-24/h8-15,20,24,27,29,37H,3-7,16-19,21H2,1-2H3,(H,35,36). The smallest absolute Gasteiger partial charge is 0.497 e. The van der Waals surface area contributed by atoms with Crippen LogP contribution in [0.2, 0.25) is 0 Å². The van der Waals surface area contributed by atoms with Crippen molar-refractivity contribution in [2.24, 2.45) is 5.92 Å². The van der Waals surface area contributed by atoms with Crippen LogP contribution in [0.5, 0.6) is 5.75 Å². The molecule has 0 aliphatic heterocycles. The number of methoxy groups -OCH3 is 1. The maximum Gasteiger partial charge on any atom is 0.506 e. The quantitative estimate of drug-likeness (QED) is 0.289. The Balaban J connectivity index is 1.30. The van der Waals surface area contributed by atoms with Gasteiger partial charge < -0.3 is 24.4 Å². The van der Waals surface area contributed by atoms with Crippen LogP contribution in [-0.2, 0) is 15.1 Å². The van der Waals surface area contributed by atoms with E-state index in [-0.39, 0.29) is 18.6 Å². The van der Waals surface area contributed by atoms with Gasteiger partial charge in [0.2, 0.25) is 0 Å². The highest BCUT2D eigenvalue weighted by Crippen LogP contribution is 2.40. The first-order valence-electron chi connectivity index (χ1n) is 14.4. The van der Waals surface area contributed by atoms with Gasteiger partial charge in [0.15, 0.2) is 0 Å². The Kier molecular flexibility index (Phi) is 8.76. The largest absolute Gasteiger partial charge is 0.506 e. The molecule has 8 heteroatoms. The first kappa shape index (κ1) is 28.2. The van der Waals surface area contributed by atoms with E-state index in [2.05, 4.69) is 31.2 Å². The van der Waals surface area contributed by atoms with E-state index >= 15 is 0 Å². The van der Waals surface area contributed by atoms with Crippen molar-refractivity contribution in [3.8, 4) is 22.7 Å². The van der Waals surface area contributed by atoms with Gasteiger partial charge in [-0.2, -0.15) is 5.10 Å². The molecule has 1 atom stereocenters. The number of aryl methyl sites for hydroxylation is 1. The summed E-state index contributed by atoms with van der Waals surface area (Å²) in [6.45, 7) is 2.33. The van der Waals surface area contributed by atoms with Crippen molar-refractivity contribution in [1.82, 2.24) is 9.78 Å². The molecule has 2 saturated carbocycles. The van der Waals surface area contributed by atoms with Crippen LogP contribution in [0.4, 0.5) is 4.79 Å². The zero-order chi connectivity index (χ0) is 28.1. The molecule has 0 bridgehead atoms. The Morgan fingerprint density at radius 3 is 2.33 bits per heavy atom. The van der Waals surface area contributed by atoms with E-state index in [1.807, 2.05) is 35.0 Å². The van der Waals surface area contributed by atoms with E-state index in [4.69, 9.17) is 19.3 Å². The molecule has 40 heavy (non-hydrogen) atoms. The molecule has 0 spiro atoms. The number of aliphatic hydroxyl groups is 1. The van der Waals surface area contributed by atoms with Crippen molar-refractivity contribution in [3.05, 3.63) is 65.9 Å². The van der Waals surface area contributed by atoms with Crippen molar-refractivity contribution in [2.45, 2.75) is 82.5 Å². The van der Waals surface area contributed by atoms with Gasteiger partial charge >= 0.3 is 6.16 Å². The van der Waals surface area contributed by atoms with Crippen LogP contribution in [0.15, 0.2) is 54.6 Å². The first-order valence-corrected chi connectivity index (χ1v) is 14.4. The van der Waals surface area contributed by atoms with E-state index in [0.717, 1.165) is 48.4 Å². The Bertz CT molecular complexity index is 1260. The van der Waals surface area contributed by atoms with Gasteiger partial charge in [-0.25, -0.2) is 9.48 Å². The summed E-state index contributed by atoms with van der Waals surface area (Å²) in [5.74, 6) is 0.983. The lowest BCUT2D eigenvalue weighted by Crippen LogP contribution is -2.38. The number of carboxylic acid groups (broad SMARTS) is 1. The maximum absolute atomic E-state index is 11.8. The molecule has 1 unspecified atom stereocenters. The van der Waals surface area contributed by atoms with Crippen molar-refractivity contribution in [3.63, 3.8) is 0 Å². The Labute approximate surface area is 235 Å². The van der Waals surface area contributed by atoms with E-state index in [1.54, 1.807) is 7.11 Å². The molecular weight excluding hydrogens is 508 g/mol. The fourth-order valence-electron chi connectivity index (χ4n) is 6.08. The summed E-state index contributed by atoms with van der Waals surface area (Å²) < 4.78 is 18.6. The molecular formula is C32H40N2O6. The highest BCUT2D eigenvalue weighted by Gasteiger charge is 2.39. The number of nitrogens with zero attached hydrogens (tertiary/aromatic N) is 2. The van der Waals surface area contributed by atoms with Gasteiger partial charge in [0.05, 0.1) is 36.9 Å². The monoisotopic (exact) mass is 548 g/mol. The highest BCUT2D eigenvalue weighted by molar-refractivity contribution is 5.63. The minimum atomic E-state index is -1.24. The number of ether oxygens (including phenoxy) is 3. The summed E-state index contributed by atoms with van der Waals surface area (Å²) in [6.07, 6.45) is 5.98. The van der Waals surface area contributed by atoms with Crippen LogP contribution in [0, 0.1) is 12.8 Å². The molecule has 1 heterocycles. The maximum atomic E-state index is 11.8. The summed E-state index contributed by atoms with van der Waals surface area (Å²) in [6, 6.07) is 18.0. The lowest BCUT2D eigenvalue weighted by atomic mass is 9.81. The summed E-state index contributed by atoms with van der Waals surface area (Å²) in [5.41, 5.74) is 3.57. The topological polar surface area (TPSA) is 103 Å². The van der Waals surface area contributed by atoms with Crippen molar-refractivity contribution >= 4 is 6.16 Å². The van der Waals surface area contributed by atoms with Gasteiger partial charge in [-0.1, -0.05) is 49.1 Å². The van der Waals surface area contributed by atoms with E-state index in [9.17, 15) is 15.0 Å². The van der Waals surface area contributed by atoms with Gasteiger partial charge in [0, 0.05) is 5.56 Å². The summed E-state index contributed by atoms with van der Waals surface area (Å²) in [5, 5.41) is 25.9. The molecule has 2 aliphatic rings. The average molecular weight is 549 g/mol. The fourth-order valence-corrected chi connectivity index (χ4v) is 6.08. The second-order valence-corrected chi connectivity index (χ2v) is 11.3. The predicted octanol–water partition coefficient (Wildman–Crippen LogP) is 6.65. The van der Waals surface area contributed by atoms with Crippen LogP contribution in [0.1, 0.15) is 69.0 Å². The van der Waals surface area contributed by atoms with Crippen molar-refractivity contribution in [1.29, 1.82) is 0 Å². The third-order valence-electron chi connectivity index (χ3n) is 8.53. The van der Waals surface area contributed by atoms with Crippen LogP contribution in [-0.4, -0.2) is 52.1 Å². The molecule has 3 aromatic rings. The van der Waals surface area contributed by atoms with Crippen LogP contribution < -0.4 is 4.74 Å². The molecule has 2 N–H and O–H groups in total. The lowest BCUT2D eigenvalue weighted by molar-refractivity contribution is -0.0926. The van der Waals surface area contributed by atoms with Gasteiger partial charge in [0.1, 0.15) is 17.5 Å². The molecule has 2 aliphatic carbocycles. The second kappa shape index (κ2) is 12.4. The number of rotatable bonds is 9. The Hall–Kier alpha value is -3.36. The number of carbonyl (C=O) groups is 1. The summed E-state index contributed by atoms with van der Waals surface area (Å²) >= 11 is 0. The minimum absolute atomic E-state index is 0.0518. The van der Waals surface area contributed by atoms with E-state index in [1.165, 1.54) is 12.0 Å². The van der Waals surface area contributed by atoms with Gasteiger partial charge in [0.25, 0.3) is 0 Å². The van der Waals surface area contributed by atoms with E-state index in [0.29, 0.717) is 31.4 Å². The zero-order valence-electron chi connectivity index (χ0n) is 23.4. The number of hydrogen-bond donors (Lipinski definition) is 2. The third kappa shape index (κ3) is 6.50. The average Bonchev–Trinajstić information content (AvgIpc) is 3.43.